The van der Waals surface area contributed by atoms with Gasteiger partial charge in [-0.05, 0) is 23.3 Å². The van der Waals surface area contributed by atoms with Crippen LogP contribution in [0.25, 0.3) is 11.5 Å². The van der Waals surface area contributed by atoms with Crippen LogP contribution in [0.1, 0.15) is 98.3 Å². The fourth-order valence-corrected chi connectivity index (χ4v) is 5.68. The monoisotopic (exact) mass is 606 g/mol. The van der Waals surface area contributed by atoms with Gasteiger partial charge in [-0.15, -0.1) is 0 Å². The first-order valence-corrected chi connectivity index (χ1v) is 15.7. The van der Waals surface area contributed by atoms with Crippen LogP contribution < -0.4 is 0 Å². The molecule has 2 aliphatic rings. The van der Waals surface area contributed by atoms with Gasteiger partial charge in [0.05, 0.1) is 0 Å². The Morgan fingerprint density at radius 3 is 0.884 bits per heavy atom. The summed E-state index contributed by atoms with van der Waals surface area (Å²) in [5, 5.41) is 22.0. The second kappa shape index (κ2) is 19.8. The van der Waals surface area contributed by atoms with Crippen LogP contribution in [0.2, 0.25) is 0 Å². The minimum atomic E-state index is -0.190. The molecule has 0 radical (unpaired) electrons. The van der Waals surface area contributed by atoms with Crippen molar-refractivity contribution in [3.05, 3.63) is 156 Å². The van der Waals surface area contributed by atoms with Gasteiger partial charge >= 0.3 is 21.7 Å². The minimum Gasteiger partial charge on any atom is -0.508 e. The van der Waals surface area contributed by atoms with Gasteiger partial charge in [0.2, 0.25) is 0 Å². The molecule has 2 N–H and O–H groups in total. The second-order valence-electron chi connectivity index (χ2n) is 11.2. The molecule has 0 amide bonds. The van der Waals surface area contributed by atoms with E-state index in [1.54, 1.807) is 0 Å². The first-order valence-electron chi connectivity index (χ1n) is 15.7. The van der Waals surface area contributed by atoms with E-state index in [1.807, 2.05) is 109 Å². The summed E-state index contributed by atoms with van der Waals surface area (Å²) in [5.74, 6) is 0.0512. The van der Waals surface area contributed by atoms with Crippen molar-refractivity contribution in [1.82, 2.24) is 0 Å². The zero-order valence-corrected chi connectivity index (χ0v) is 26.9. The van der Waals surface area contributed by atoms with Gasteiger partial charge in [-0.1, -0.05) is 186 Å². The third kappa shape index (κ3) is 11.7. The van der Waals surface area contributed by atoms with E-state index in [2.05, 4.69) is 24.3 Å². The number of rotatable bonds is 7. The Morgan fingerprint density at radius 1 is 0.395 bits per heavy atom. The summed E-state index contributed by atoms with van der Waals surface area (Å²) < 4.78 is 0. The fourth-order valence-electron chi connectivity index (χ4n) is 5.68. The minimum absolute atomic E-state index is 0. The first-order chi connectivity index (χ1) is 20.7. The molecule has 2 saturated carbocycles. The Labute approximate surface area is 274 Å². The average molecular weight is 607 g/mol. The molecular formula is C40H46O2Ti+2. The summed E-state index contributed by atoms with van der Waals surface area (Å²) in [5.41, 5.74) is 3.63. The maximum absolute atomic E-state index is 11.0. The topological polar surface area (TPSA) is 40.5 Å². The molecule has 0 bridgehead atoms. The van der Waals surface area contributed by atoms with E-state index in [1.165, 1.54) is 64.2 Å². The summed E-state index contributed by atoms with van der Waals surface area (Å²) in [6.45, 7) is 0. The molecule has 4 aromatic rings. The fraction of sp³-hybridized carbons (Fsp3) is 0.300. The van der Waals surface area contributed by atoms with Crippen LogP contribution in [-0.4, -0.2) is 10.2 Å². The standard InChI is InChI=1S/C30H26O2.2C5H10.Ti/c31-29(25-17-9-3-10-18-25)21-27(23-13-5-1-6-14-23)28(24-15-7-2-8-16-24)22-30(32)26-19-11-4-12-20-26;2*1-2-4-5-3-1;/h1-22,27-28,31-32H;2*1-5H2;/q;;;+2/b29-21-,30-22-;;;. The molecule has 220 valence electrons. The van der Waals surface area contributed by atoms with Crippen molar-refractivity contribution in [3.63, 3.8) is 0 Å². The molecule has 2 aliphatic carbocycles. The predicted molar refractivity (Wildman–Crippen MR) is 179 cm³/mol. The van der Waals surface area contributed by atoms with Crippen LogP contribution in [0, 0.1) is 0 Å². The van der Waals surface area contributed by atoms with E-state index in [0.29, 0.717) is 0 Å². The van der Waals surface area contributed by atoms with Crippen molar-refractivity contribution < 1.29 is 31.9 Å². The summed E-state index contributed by atoms with van der Waals surface area (Å²) in [7, 11) is 0. The molecule has 3 heteroatoms. The van der Waals surface area contributed by atoms with Crippen molar-refractivity contribution in [1.29, 1.82) is 0 Å². The van der Waals surface area contributed by atoms with Gasteiger partial charge in [-0.3, -0.25) is 0 Å². The van der Waals surface area contributed by atoms with Crippen LogP contribution in [0.5, 0.6) is 0 Å². The van der Waals surface area contributed by atoms with Crippen LogP contribution in [0.3, 0.4) is 0 Å². The van der Waals surface area contributed by atoms with Gasteiger partial charge in [0.25, 0.3) is 0 Å². The zero-order valence-electron chi connectivity index (χ0n) is 25.3. The summed E-state index contributed by atoms with van der Waals surface area (Å²) in [6, 6.07) is 39.3. The van der Waals surface area contributed by atoms with Crippen molar-refractivity contribution in [2.45, 2.75) is 76.0 Å². The molecule has 2 atom stereocenters. The zero-order chi connectivity index (χ0) is 29.2. The van der Waals surface area contributed by atoms with E-state index >= 15 is 0 Å². The second-order valence-corrected chi connectivity index (χ2v) is 11.2. The molecule has 6 rings (SSSR count). The van der Waals surface area contributed by atoms with Gasteiger partial charge in [0.15, 0.2) is 0 Å². The molecule has 43 heavy (non-hydrogen) atoms. The molecule has 2 nitrogen and oxygen atoms in total. The molecule has 2 unspecified atom stereocenters. The van der Waals surface area contributed by atoms with Crippen LogP contribution >= 0.6 is 0 Å². The Balaban J connectivity index is 0.000000388. The predicted octanol–water partition coefficient (Wildman–Crippen LogP) is 11.7. The number of hydrogen-bond acceptors (Lipinski definition) is 2. The molecule has 4 aromatic carbocycles. The van der Waals surface area contributed by atoms with E-state index in [4.69, 9.17) is 0 Å². The van der Waals surface area contributed by atoms with Gasteiger partial charge in [0, 0.05) is 23.0 Å². The van der Waals surface area contributed by atoms with Gasteiger partial charge in [-0.25, -0.2) is 0 Å². The Kier molecular flexibility index (Phi) is 15.7. The van der Waals surface area contributed by atoms with Crippen molar-refractivity contribution in [2.75, 3.05) is 0 Å². The summed E-state index contributed by atoms with van der Waals surface area (Å²) in [6.07, 6.45) is 18.8. The third-order valence-corrected chi connectivity index (χ3v) is 8.07. The average Bonchev–Trinajstić information content (AvgIpc) is 3.85. The molecular weight excluding hydrogens is 560 g/mol. The molecule has 0 saturated heterocycles. The van der Waals surface area contributed by atoms with Crippen molar-refractivity contribution in [2.24, 2.45) is 0 Å². The maximum Gasteiger partial charge on any atom is 2.00 e. The Morgan fingerprint density at radius 2 is 0.628 bits per heavy atom. The van der Waals surface area contributed by atoms with Crippen molar-refractivity contribution in [3.8, 4) is 0 Å². The van der Waals surface area contributed by atoms with Gasteiger partial charge in [0.1, 0.15) is 11.5 Å². The molecule has 0 aromatic heterocycles. The van der Waals surface area contributed by atoms with E-state index in [9.17, 15) is 10.2 Å². The summed E-state index contributed by atoms with van der Waals surface area (Å²) in [4.78, 5) is 0. The number of allylic oxidation sites excluding steroid dienone is 2. The van der Waals surface area contributed by atoms with Crippen LogP contribution in [-0.2, 0) is 21.7 Å². The molecule has 0 spiro atoms. The largest absolute Gasteiger partial charge is 2.00 e. The van der Waals surface area contributed by atoms with Crippen LogP contribution in [0.15, 0.2) is 133 Å². The first kappa shape index (κ1) is 34.2. The number of aliphatic hydroxyl groups excluding tert-OH is 2. The SMILES string of the molecule is C1CCCC1.C1CCCC1.O/C(=C\C(c1ccccc1)C(/C=C(\O)c1ccccc1)c1ccccc1)c1ccccc1.[Ti+2]. The van der Waals surface area contributed by atoms with E-state index in [-0.39, 0.29) is 45.1 Å². The van der Waals surface area contributed by atoms with Crippen LogP contribution in [0.4, 0.5) is 0 Å². The Bertz CT molecular complexity index is 1200. The van der Waals surface area contributed by atoms with Crippen molar-refractivity contribution >= 4 is 11.5 Å². The maximum atomic E-state index is 11.0. The number of aliphatic hydroxyl groups is 2. The third-order valence-electron chi connectivity index (χ3n) is 8.07. The van der Waals surface area contributed by atoms with Gasteiger partial charge < -0.3 is 10.2 Å². The quantitative estimate of drug-likeness (QED) is 0.162. The number of hydrogen-bond donors (Lipinski definition) is 2. The molecule has 0 aliphatic heterocycles. The number of benzene rings is 4. The van der Waals surface area contributed by atoms with Gasteiger partial charge in [-0.2, -0.15) is 0 Å². The normalized spacial score (nSPS) is 16.0. The Hall–Kier alpha value is -3.33. The molecule has 0 heterocycles. The van der Waals surface area contributed by atoms with E-state index < -0.39 is 0 Å². The smallest absolute Gasteiger partial charge is 0.508 e. The summed E-state index contributed by atoms with van der Waals surface area (Å²) >= 11 is 0. The van der Waals surface area contributed by atoms with E-state index in [0.717, 1.165) is 22.3 Å². The molecule has 2 fully saturated rings.